The fourth-order valence-corrected chi connectivity index (χ4v) is 7.89. The molecule has 1 saturated heterocycles. The van der Waals surface area contributed by atoms with Gasteiger partial charge in [-0.1, -0.05) is 128 Å². The van der Waals surface area contributed by atoms with Gasteiger partial charge in [-0.15, -0.1) is 6.58 Å². The summed E-state index contributed by atoms with van der Waals surface area (Å²) in [7, 11) is 1.99. The molecule has 6 heteroatoms. The van der Waals surface area contributed by atoms with Crippen LogP contribution in [0.25, 0.3) is 5.57 Å². The molecule has 5 nitrogen and oxygen atoms in total. The van der Waals surface area contributed by atoms with Gasteiger partial charge in [0.05, 0.1) is 23.3 Å². The second-order valence-electron chi connectivity index (χ2n) is 17.1. The number of benzene rings is 3. The predicted octanol–water partition coefficient (Wildman–Crippen LogP) is 15.8. The van der Waals surface area contributed by atoms with E-state index in [4.69, 9.17) is 26.9 Å². The van der Waals surface area contributed by atoms with Crippen LogP contribution in [0.15, 0.2) is 91.6 Å². The Morgan fingerprint density at radius 3 is 2.27 bits per heavy atom. The Balaban J connectivity index is 0.000000504. The number of aryl methyl sites for hydroxylation is 3. The number of likely N-dealkylation sites (tertiary alicyclic amines) is 1. The zero-order chi connectivity index (χ0) is 47.7. The third kappa shape index (κ3) is 22.5. The van der Waals surface area contributed by atoms with Crippen LogP contribution in [-0.4, -0.2) is 38.1 Å². The van der Waals surface area contributed by atoms with Crippen LogP contribution in [0, 0.1) is 41.4 Å². The molecule has 64 heavy (non-hydrogen) atoms. The highest BCUT2D eigenvalue weighted by atomic mass is 35.5. The first-order valence-corrected chi connectivity index (χ1v) is 24.8. The van der Waals surface area contributed by atoms with Crippen LogP contribution < -0.4 is 10.1 Å². The lowest BCUT2D eigenvalue weighted by Gasteiger charge is -2.30. The molecule has 1 heterocycles. The van der Waals surface area contributed by atoms with Crippen LogP contribution in [0.5, 0.6) is 5.75 Å². The van der Waals surface area contributed by atoms with E-state index in [2.05, 4.69) is 107 Å². The molecule has 0 aromatic heterocycles. The average Bonchev–Trinajstić information content (AvgIpc) is 3.80. The van der Waals surface area contributed by atoms with E-state index in [1.165, 1.54) is 94.1 Å². The van der Waals surface area contributed by atoms with E-state index in [0.717, 1.165) is 71.5 Å². The number of nitriles is 2. The zero-order valence-electron chi connectivity index (χ0n) is 41.9. The highest BCUT2D eigenvalue weighted by molar-refractivity contribution is 6.31. The summed E-state index contributed by atoms with van der Waals surface area (Å²) in [6.45, 7) is 32.4. The lowest BCUT2D eigenvalue weighted by molar-refractivity contribution is 0.189. The molecule has 1 aliphatic heterocycles. The fraction of sp³-hybridized carbons (Fsp3) is 0.517. The first-order chi connectivity index (χ1) is 31.0. The van der Waals surface area contributed by atoms with Gasteiger partial charge in [-0.3, -0.25) is 0 Å². The maximum atomic E-state index is 9.00. The maximum Gasteiger partial charge on any atom is 0.123 e. The number of nitrogens with zero attached hydrogens (tertiary/aromatic N) is 3. The largest absolute Gasteiger partial charge is 0.489 e. The van der Waals surface area contributed by atoms with Crippen molar-refractivity contribution in [2.45, 2.75) is 152 Å². The lowest BCUT2D eigenvalue weighted by Crippen LogP contribution is -2.33. The van der Waals surface area contributed by atoms with Gasteiger partial charge in [0.1, 0.15) is 12.4 Å². The normalized spacial score (nSPS) is 13.8. The van der Waals surface area contributed by atoms with Gasteiger partial charge in [0.2, 0.25) is 0 Å². The molecule has 3 aromatic carbocycles. The molecule has 0 bridgehead atoms. The summed E-state index contributed by atoms with van der Waals surface area (Å²) >= 11 is 6.13. The molecule has 1 aliphatic carbocycles. The number of hydrogen-bond acceptors (Lipinski definition) is 5. The standard InChI is InChI=1S/C27H39N.C18H15ClN2O.C8H17N.C3H8.C2H6/c1-4-24(26-15-8-13-25-14-9-16-27(25)26)12-7-11-22(2)10-5-6-19-28-20-17-23(3)18-21-28;1-3-16-8-17(19)12(2)4-18(16)22-11-15-6-13(9-20)5-14(7-15)10-21;1-4-5-6-8(2)7-9-3;1-3-2;1-2/h7-8,11-13,15,23H,2,4-6,9-10,14,16-21H2,1,3H3;4-8H,3,11H2,1-2H3;4,8-9H,1,5-7H2,2-3H3;3H2,1-2H3;1-2H3/b11-7-,24-12+;;;;. The van der Waals surface area contributed by atoms with E-state index in [1.807, 2.05) is 53.0 Å². The van der Waals surface area contributed by atoms with Crippen molar-refractivity contribution in [3.05, 3.63) is 141 Å². The van der Waals surface area contributed by atoms with Gasteiger partial charge >= 0.3 is 0 Å². The third-order valence-corrected chi connectivity index (χ3v) is 11.8. The molecule has 0 spiro atoms. The van der Waals surface area contributed by atoms with Crippen molar-refractivity contribution >= 4 is 17.2 Å². The summed E-state index contributed by atoms with van der Waals surface area (Å²) in [6.07, 6.45) is 24.5. The molecular formula is C58H85ClN4O. The molecule has 1 atom stereocenters. The van der Waals surface area contributed by atoms with Crippen molar-refractivity contribution in [2.24, 2.45) is 11.8 Å². The van der Waals surface area contributed by atoms with Crippen molar-refractivity contribution in [1.82, 2.24) is 10.2 Å². The number of unbranched alkanes of at least 4 members (excludes halogenated alkanes) is 1. The Morgan fingerprint density at radius 2 is 1.67 bits per heavy atom. The van der Waals surface area contributed by atoms with E-state index in [0.29, 0.717) is 17.7 Å². The Kier molecular flexibility index (Phi) is 31.5. The van der Waals surface area contributed by atoms with Crippen LogP contribution in [0.1, 0.15) is 164 Å². The van der Waals surface area contributed by atoms with Crippen molar-refractivity contribution in [3.63, 3.8) is 0 Å². The van der Waals surface area contributed by atoms with Crippen molar-refractivity contribution in [1.29, 1.82) is 10.5 Å². The summed E-state index contributed by atoms with van der Waals surface area (Å²) in [5.41, 5.74) is 11.1. The minimum Gasteiger partial charge on any atom is -0.489 e. The number of piperidine rings is 1. The number of allylic oxidation sites excluding steroid dienone is 6. The number of halogens is 1. The van der Waals surface area contributed by atoms with Crippen molar-refractivity contribution < 1.29 is 4.74 Å². The molecule has 0 amide bonds. The Morgan fingerprint density at radius 1 is 1.00 bits per heavy atom. The summed E-state index contributed by atoms with van der Waals surface area (Å²) in [6, 6.07) is 19.8. The highest BCUT2D eigenvalue weighted by Gasteiger charge is 2.16. The molecule has 1 fully saturated rings. The number of rotatable bonds is 18. The minimum atomic E-state index is 0.304. The number of hydrogen-bond donors (Lipinski definition) is 1. The van der Waals surface area contributed by atoms with E-state index in [-0.39, 0.29) is 0 Å². The molecule has 0 radical (unpaired) electrons. The van der Waals surface area contributed by atoms with E-state index >= 15 is 0 Å². The summed E-state index contributed by atoms with van der Waals surface area (Å²) in [5, 5.41) is 21.9. The zero-order valence-corrected chi connectivity index (χ0v) is 42.6. The summed E-state index contributed by atoms with van der Waals surface area (Å²) in [4.78, 5) is 2.65. The monoisotopic (exact) mass is 889 g/mol. The van der Waals surface area contributed by atoms with Crippen LogP contribution in [-0.2, 0) is 25.9 Å². The maximum absolute atomic E-state index is 9.00. The molecule has 3 aromatic rings. The van der Waals surface area contributed by atoms with Gasteiger partial charge in [-0.25, -0.2) is 0 Å². The molecule has 5 rings (SSSR count). The average molecular weight is 890 g/mol. The van der Waals surface area contributed by atoms with Gasteiger partial charge < -0.3 is 15.0 Å². The van der Waals surface area contributed by atoms with Gasteiger partial charge in [0.25, 0.3) is 0 Å². The van der Waals surface area contributed by atoms with Crippen LogP contribution in [0.2, 0.25) is 5.02 Å². The van der Waals surface area contributed by atoms with Gasteiger partial charge in [-0.05, 0) is 198 Å². The number of nitrogens with one attached hydrogen (secondary N) is 1. The van der Waals surface area contributed by atoms with E-state index in [1.54, 1.807) is 29.3 Å². The van der Waals surface area contributed by atoms with E-state index in [9.17, 15) is 0 Å². The Labute approximate surface area is 397 Å². The molecule has 350 valence electrons. The van der Waals surface area contributed by atoms with E-state index < -0.39 is 0 Å². The molecular weight excluding hydrogens is 804 g/mol. The van der Waals surface area contributed by atoms with Gasteiger partial charge in [-0.2, -0.15) is 10.5 Å². The topological polar surface area (TPSA) is 72.1 Å². The third-order valence-electron chi connectivity index (χ3n) is 11.4. The summed E-state index contributed by atoms with van der Waals surface area (Å²) in [5.74, 6) is 2.50. The van der Waals surface area contributed by atoms with Crippen LogP contribution in [0.4, 0.5) is 0 Å². The number of ether oxygens (including phenoxy) is 1. The molecule has 2 aliphatic rings. The van der Waals surface area contributed by atoms with Gasteiger partial charge in [0.15, 0.2) is 0 Å². The quantitative estimate of drug-likeness (QED) is 0.0782. The Bertz CT molecular complexity index is 1910. The molecule has 1 unspecified atom stereocenters. The Hall–Kier alpha value is -4.39. The highest BCUT2D eigenvalue weighted by Crippen LogP contribution is 2.31. The van der Waals surface area contributed by atoms with Crippen LogP contribution in [0.3, 0.4) is 0 Å². The first kappa shape index (κ1) is 57.6. The van der Waals surface area contributed by atoms with Crippen LogP contribution >= 0.6 is 11.6 Å². The second-order valence-corrected chi connectivity index (χ2v) is 17.5. The van der Waals surface area contributed by atoms with Crippen molar-refractivity contribution in [2.75, 3.05) is 33.2 Å². The fourth-order valence-electron chi connectivity index (χ4n) is 7.70. The SMILES string of the molecule is C=C(/C=C\C=C(/CC)c1cccc2c1CCC2)CCCCN1CCC(C)CC1.C=CCCC(C)CNC.CC.CCC.CCc1cc(Cl)c(C)cc1OCc1cc(C#N)cc(C#N)c1. The van der Waals surface area contributed by atoms with Crippen molar-refractivity contribution in [3.8, 4) is 17.9 Å². The molecule has 1 N–H and O–H groups in total. The minimum absolute atomic E-state index is 0.304. The lowest BCUT2D eigenvalue weighted by atomic mass is 9.95. The smallest absolute Gasteiger partial charge is 0.123 e. The van der Waals surface area contributed by atoms with Gasteiger partial charge in [0, 0.05) is 5.02 Å². The first-order valence-electron chi connectivity index (χ1n) is 24.5. The molecule has 0 saturated carbocycles. The second kappa shape index (κ2) is 34.9. The predicted molar refractivity (Wildman–Crippen MR) is 279 cm³/mol. The summed E-state index contributed by atoms with van der Waals surface area (Å²) < 4.78 is 5.87. The number of fused-ring (bicyclic) bond motifs is 1.